The molecule has 0 saturated heterocycles. The number of fused-ring (bicyclic) bond motifs is 1. The fourth-order valence-electron chi connectivity index (χ4n) is 3.86. The zero-order valence-corrected chi connectivity index (χ0v) is 19.3. The summed E-state index contributed by atoms with van der Waals surface area (Å²) in [5, 5.41) is 23.2. The largest absolute Gasteiger partial charge is 0.504 e. The molecular formula is C27H24N2O3S. The highest BCUT2D eigenvalue weighted by molar-refractivity contribution is 8.00. The van der Waals surface area contributed by atoms with Crippen molar-refractivity contribution in [1.29, 1.82) is 5.26 Å². The van der Waals surface area contributed by atoms with Crippen molar-refractivity contribution in [2.45, 2.75) is 30.5 Å². The molecule has 33 heavy (non-hydrogen) atoms. The molecule has 0 unspecified atom stereocenters. The van der Waals surface area contributed by atoms with E-state index in [2.05, 4.69) is 18.3 Å². The summed E-state index contributed by atoms with van der Waals surface area (Å²) in [5.74, 6) is 0.838. The smallest absolute Gasteiger partial charge is 0.262 e. The van der Waals surface area contributed by atoms with Crippen molar-refractivity contribution in [3.05, 3.63) is 82.4 Å². The number of nitrogens with one attached hydrogen (secondary N) is 1. The second kappa shape index (κ2) is 9.85. The number of hydrogen-bond donors (Lipinski definition) is 2. The Morgan fingerprint density at radius 2 is 2.00 bits per heavy atom. The van der Waals surface area contributed by atoms with Crippen LogP contribution < -0.4 is 10.1 Å². The lowest BCUT2D eigenvalue weighted by Gasteiger charge is -2.25. The van der Waals surface area contributed by atoms with Gasteiger partial charge in [0.2, 0.25) is 0 Å². The average molecular weight is 457 g/mol. The van der Waals surface area contributed by atoms with Gasteiger partial charge in [-0.05, 0) is 52.4 Å². The van der Waals surface area contributed by atoms with Crippen molar-refractivity contribution in [2.75, 3.05) is 7.11 Å². The number of hydrogen-bond acceptors (Lipinski definition) is 5. The van der Waals surface area contributed by atoms with Gasteiger partial charge in [0.15, 0.2) is 11.5 Å². The molecule has 1 amide bonds. The molecule has 1 aliphatic rings. The Labute approximate surface area is 197 Å². The molecule has 166 valence electrons. The number of carbonyl (C=O) groups excluding carboxylic acids is 1. The summed E-state index contributed by atoms with van der Waals surface area (Å²) in [6.45, 7) is 2.46. The minimum absolute atomic E-state index is 0.0201. The van der Waals surface area contributed by atoms with Gasteiger partial charge in [-0.1, -0.05) is 49.4 Å². The molecule has 0 aliphatic carbocycles. The van der Waals surface area contributed by atoms with Crippen LogP contribution in [0, 0.1) is 11.3 Å². The van der Waals surface area contributed by atoms with Crippen LogP contribution in [0.1, 0.15) is 29.2 Å². The Morgan fingerprint density at radius 3 is 2.64 bits per heavy atom. The molecule has 0 saturated carbocycles. The molecule has 0 fully saturated rings. The van der Waals surface area contributed by atoms with Crippen molar-refractivity contribution in [1.82, 2.24) is 5.32 Å². The molecule has 0 bridgehead atoms. The van der Waals surface area contributed by atoms with E-state index < -0.39 is 5.91 Å². The van der Waals surface area contributed by atoms with Gasteiger partial charge in [0.05, 0.1) is 7.11 Å². The molecular weight excluding hydrogens is 432 g/mol. The first-order valence-electron chi connectivity index (χ1n) is 10.7. The van der Waals surface area contributed by atoms with Crippen LogP contribution in [0.25, 0.3) is 17.2 Å². The highest BCUT2D eigenvalue weighted by atomic mass is 32.2. The first-order valence-corrected chi connectivity index (χ1v) is 11.7. The number of nitrogens with zero attached hydrogens (tertiary/aromatic N) is 1. The third-order valence-electron chi connectivity index (χ3n) is 5.68. The number of methoxy groups -OCH3 is 1. The van der Waals surface area contributed by atoms with E-state index in [9.17, 15) is 15.2 Å². The summed E-state index contributed by atoms with van der Waals surface area (Å²) < 4.78 is 5.39. The molecule has 2 N–H and O–H groups in total. The third-order valence-corrected chi connectivity index (χ3v) is 6.87. The molecule has 3 aromatic carbocycles. The van der Waals surface area contributed by atoms with E-state index >= 15 is 0 Å². The zero-order chi connectivity index (χ0) is 23.4. The quantitative estimate of drug-likeness (QED) is 0.364. The second-order valence-corrected chi connectivity index (χ2v) is 8.67. The number of thioether (sulfide) groups is 1. The van der Waals surface area contributed by atoms with Gasteiger partial charge in [0.25, 0.3) is 5.91 Å². The molecule has 0 spiro atoms. The lowest BCUT2D eigenvalue weighted by Crippen LogP contribution is -2.23. The van der Waals surface area contributed by atoms with E-state index in [1.54, 1.807) is 23.9 Å². The van der Waals surface area contributed by atoms with Crippen LogP contribution in [0.3, 0.4) is 0 Å². The minimum atomic E-state index is -0.457. The Hall–Kier alpha value is -3.69. The number of aryl methyl sites for hydroxylation is 1. The van der Waals surface area contributed by atoms with Gasteiger partial charge in [-0.3, -0.25) is 4.79 Å². The topological polar surface area (TPSA) is 82.4 Å². The zero-order valence-electron chi connectivity index (χ0n) is 18.5. The summed E-state index contributed by atoms with van der Waals surface area (Å²) in [4.78, 5) is 13.8. The van der Waals surface area contributed by atoms with Crippen molar-refractivity contribution < 1.29 is 14.6 Å². The van der Waals surface area contributed by atoms with Crippen LogP contribution in [0.4, 0.5) is 0 Å². The maximum Gasteiger partial charge on any atom is 0.262 e. The molecule has 4 rings (SSSR count). The van der Waals surface area contributed by atoms with E-state index in [-0.39, 0.29) is 11.3 Å². The number of benzene rings is 3. The standard InChI is InChI=1S/C27H24N2O3S/c1-3-19-9-10-21(26-23(19)16-33-26)22-12-18(13-24(32-2)25(22)30)11-20(14-28)27(31)29-15-17-7-5-4-6-8-17/h4-13,30H,3,15-16H2,1-2H3,(H,29,31). The van der Waals surface area contributed by atoms with Gasteiger partial charge in [-0.25, -0.2) is 0 Å². The van der Waals surface area contributed by atoms with Crippen molar-refractivity contribution in [3.63, 3.8) is 0 Å². The number of carbonyl (C=O) groups is 1. The summed E-state index contributed by atoms with van der Waals surface area (Å²) in [7, 11) is 1.48. The first-order chi connectivity index (χ1) is 16.0. The predicted molar refractivity (Wildman–Crippen MR) is 131 cm³/mol. The van der Waals surface area contributed by atoms with Crippen LogP contribution >= 0.6 is 11.8 Å². The Kier molecular flexibility index (Phi) is 6.71. The van der Waals surface area contributed by atoms with Crippen LogP contribution in [0.5, 0.6) is 11.5 Å². The predicted octanol–water partition coefficient (Wildman–Crippen LogP) is 5.46. The molecule has 0 aromatic heterocycles. The van der Waals surface area contributed by atoms with Gasteiger partial charge < -0.3 is 15.2 Å². The van der Waals surface area contributed by atoms with E-state index in [1.165, 1.54) is 24.3 Å². The number of aromatic hydroxyl groups is 1. The van der Waals surface area contributed by atoms with E-state index in [1.807, 2.05) is 42.5 Å². The fourth-order valence-corrected chi connectivity index (χ4v) is 4.94. The fraction of sp³-hybridized carbons (Fsp3) is 0.185. The molecule has 0 atom stereocenters. The first kappa shape index (κ1) is 22.5. The molecule has 5 nitrogen and oxygen atoms in total. The number of rotatable bonds is 7. The maximum atomic E-state index is 12.6. The molecule has 1 aliphatic heterocycles. The lowest BCUT2D eigenvalue weighted by atomic mass is 9.95. The third kappa shape index (κ3) is 4.59. The molecule has 1 heterocycles. The summed E-state index contributed by atoms with van der Waals surface area (Å²) in [6.07, 6.45) is 2.48. The van der Waals surface area contributed by atoms with Crippen LogP contribution in [0.15, 0.2) is 65.1 Å². The van der Waals surface area contributed by atoms with E-state index in [0.717, 1.165) is 28.2 Å². The summed E-state index contributed by atoms with van der Waals surface area (Å²) >= 11 is 1.75. The van der Waals surface area contributed by atoms with Crippen molar-refractivity contribution in [3.8, 4) is 28.7 Å². The van der Waals surface area contributed by atoms with Crippen LogP contribution in [-0.4, -0.2) is 18.1 Å². The minimum Gasteiger partial charge on any atom is -0.504 e. The normalized spacial score (nSPS) is 12.3. The SMILES string of the molecule is CCc1ccc(-c2cc(C=C(C#N)C(=O)NCc3ccccc3)cc(OC)c2O)c2c1CS2. The number of nitriles is 1. The van der Waals surface area contributed by atoms with Crippen molar-refractivity contribution in [2.24, 2.45) is 0 Å². The molecule has 0 radical (unpaired) electrons. The highest BCUT2D eigenvalue weighted by Gasteiger charge is 2.24. The van der Waals surface area contributed by atoms with Crippen LogP contribution in [-0.2, 0) is 23.5 Å². The number of phenolic OH excluding ortho intramolecular Hbond substituents is 1. The van der Waals surface area contributed by atoms with E-state index in [4.69, 9.17) is 4.74 Å². The Balaban J connectivity index is 1.68. The lowest BCUT2D eigenvalue weighted by molar-refractivity contribution is -0.117. The summed E-state index contributed by atoms with van der Waals surface area (Å²) in [5.41, 5.74) is 5.71. The maximum absolute atomic E-state index is 12.6. The molecule has 3 aromatic rings. The highest BCUT2D eigenvalue weighted by Crippen LogP contribution is 2.50. The van der Waals surface area contributed by atoms with Gasteiger partial charge in [-0.2, -0.15) is 5.26 Å². The van der Waals surface area contributed by atoms with E-state index in [0.29, 0.717) is 23.4 Å². The number of amides is 1. The van der Waals surface area contributed by atoms with Gasteiger partial charge in [0, 0.05) is 22.8 Å². The average Bonchev–Trinajstić information content (AvgIpc) is 2.82. The number of phenols is 1. The second-order valence-electron chi connectivity index (χ2n) is 7.68. The summed E-state index contributed by atoms with van der Waals surface area (Å²) in [6, 6.07) is 19.0. The van der Waals surface area contributed by atoms with Gasteiger partial charge in [0.1, 0.15) is 11.6 Å². The Bertz CT molecular complexity index is 1280. The molecule has 6 heteroatoms. The van der Waals surface area contributed by atoms with Gasteiger partial charge in [-0.15, -0.1) is 11.8 Å². The van der Waals surface area contributed by atoms with Crippen LogP contribution in [0.2, 0.25) is 0 Å². The Morgan fingerprint density at radius 1 is 1.21 bits per heavy atom. The van der Waals surface area contributed by atoms with Crippen molar-refractivity contribution >= 4 is 23.7 Å². The monoisotopic (exact) mass is 456 g/mol. The van der Waals surface area contributed by atoms with Gasteiger partial charge >= 0.3 is 0 Å². The number of ether oxygens (including phenoxy) is 1.